The van der Waals surface area contributed by atoms with E-state index >= 15 is 0 Å². The Balaban J connectivity index is 2.75. The van der Waals surface area contributed by atoms with Crippen molar-refractivity contribution in [1.82, 2.24) is 5.32 Å². The van der Waals surface area contributed by atoms with E-state index in [2.05, 4.69) is 12.2 Å². The van der Waals surface area contributed by atoms with Crippen molar-refractivity contribution in [2.75, 3.05) is 18.9 Å². The number of hydrogen-bond acceptors (Lipinski definition) is 3. The van der Waals surface area contributed by atoms with E-state index in [-0.39, 0.29) is 5.91 Å². The highest BCUT2D eigenvalue weighted by Gasteiger charge is 2.08. The van der Waals surface area contributed by atoms with E-state index in [1.165, 1.54) is 0 Å². The Morgan fingerprint density at radius 1 is 1.41 bits per heavy atom. The molecular weight excluding hydrogens is 216 g/mol. The Bertz CT molecular complexity index is 378. The van der Waals surface area contributed by atoms with Gasteiger partial charge >= 0.3 is 0 Å². The van der Waals surface area contributed by atoms with E-state index in [9.17, 15) is 4.79 Å². The summed E-state index contributed by atoms with van der Waals surface area (Å²) in [5.74, 6) is 0.482. The molecule has 0 aliphatic rings. The molecule has 0 aliphatic carbocycles. The van der Waals surface area contributed by atoms with Gasteiger partial charge < -0.3 is 15.8 Å². The van der Waals surface area contributed by atoms with Crippen molar-refractivity contribution in [2.45, 2.75) is 26.7 Å². The van der Waals surface area contributed by atoms with Gasteiger partial charge in [-0.25, -0.2) is 0 Å². The van der Waals surface area contributed by atoms with Crippen LogP contribution in [-0.4, -0.2) is 19.1 Å². The third kappa shape index (κ3) is 3.98. The van der Waals surface area contributed by atoms with Crippen LogP contribution in [0.2, 0.25) is 0 Å². The number of ether oxygens (including phenoxy) is 1. The molecule has 1 aromatic rings. The summed E-state index contributed by atoms with van der Waals surface area (Å²) in [6.45, 7) is 5.21. The van der Waals surface area contributed by atoms with E-state index in [4.69, 9.17) is 10.5 Å². The number of nitrogens with two attached hydrogens (primary N) is 1. The minimum atomic E-state index is -0.104. The summed E-state index contributed by atoms with van der Waals surface area (Å²) in [5.41, 5.74) is 6.93. The zero-order chi connectivity index (χ0) is 12.7. The summed E-state index contributed by atoms with van der Waals surface area (Å²) in [7, 11) is 0. The molecule has 17 heavy (non-hydrogen) atoms. The van der Waals surface area contributed by atoms with Crippen LogP contribution in [0.4, 0.5) is 5.69 Å². The zero-order valence-corrected chi connectivity index (χ0v) is 10.5. The van der Waals surface area contributed by atoms with Gasteiger partial charge in [0.1, 0.15) is 5.75 Å². The van der Waals surface area contributed by atoms with Gasteiger partial charge in [-0.15, -0.1) is 0 Å². The third-order valence-electron chi connectivity index (χ3n) is 2.37. The molecule has 0 saturated heterocycles. The Labute approximate surface area is 102 Å². The number of nitrogens with one attached hydrogen (secondary N) is 1. The second-order valence-corrected chi connectivity index (χ2v) is 3.81. The van der Waals surface area contributed by atoms with E-state index in [0.717, 1.165) is 12.8 Å². The molecular formula is C13H20N2O2. The number of rotatable bonds is 6. The molecule has 0 aliphatic heterocycles. The predicted octanol–water partition coefficient (Wildman–Crippen LogP) is 2.20. The number of amides is 1. The number of carbonyl (C=O) groups excluding carboxylic acids is 1. The summed E-state index contributed by atoms with van der Waals surface area (Å²) < 4.78 is 5.54. The Morgan fingerprint density at radius 3 is 2.82 bits per heavy atom. The molecule has 94 valence electrons. The highest BCUT2D eigenvalue weighted by atomic mass is 16.5. The normalized spacial score (nSPS) is 10.0. The van der Waals surface area contributed by atoms with Crippen molar-refractivity contribution in [1.29, 1.82) is 0 Å². The van der Waals surface area contributed by atoms with Gasteiger partial charge in [0.2, 0.25) is 0 Å². The average Bonchev–Trinajstić information content (AvgIpc) is 2.32. The Hall–Kier alpha value is -1.71. The number of hydrogen-bond donors (Lipinski definition) is 2. The fourth-order valence-electron chi connectivity index (χ4n) is 1.39. The first-order valence-corrected chi connectivity index (χ1v) is 5.99. The Kier molecular flexibility index (Phi) is 5.33. The number of carbonyl (C=O) groups is 1. The van der Waals surface area contributed by atoms with Crippen LogP contribution >= 0.6 is 0 Å². The molecule has 0 atom stereocenters. The zero-order valence-electron chi connectivity index (χ0n) is 10.5. The van der Waals surface area contributed by atoms with Crippen LogP contribution in [0.25, 0.3) is 0 Å². The van der Waals surface area contributed by atoms with Gasteiger partial charge in [0.25, 0.3) is 5.91 Å². The molecule has 0 fully saturated rings. The van der Waals surface area contributed by atoms with Crippen molar-refractivity contribution in [3.63, 3.8) is 0 Å². The molecule has 0 unspecified atom stereocenters. The van der Waals surface area contributed by atoms with E-state index < -0.39 is 0 Å². The number of unbranched alkanes of at least 4 members (excludes halogenated alkanes) is 1. The highest BCUT2D eigenvalue weighted by molar-refractivity contribution is 5.95. The maximum absolute atomic E-state index is 11.6. The van der Waals surface area contributed by atoms with Crippen LogP contribution in [0, 0.1) is 0 Å². The molecule has 0 bridgehead atoms. The quantitative estimate of drug-likeness (QED) is 0.588. The lowest BCUT2D eigenvalue weighted by atomic mass is 10.2. The summed E-state index contributed by atoms with van der Waals surface area (Å²) in [4.78, 5) is 11.6. The van der Waals surface area contributed by atoms with Gasteiger partial charge in [-0.3, -0.25) is 4.79 Å². The van der Waals surface area contributed by atoms with Crippen molar-refractivity contribution < 1.29 is 9.53 Å². The molecule has 0 saturated carbocycles. The summed E-state index contributed by atoms with van der Waals surface area (Å²) >= 11 is 0. The topological polar surface area (TPSA) is 64.3 Å². The maximum Gasteiger partial charge on any atom is 0.251 e. The van der Waals surface area contributed by atoms with Crippen molar-refractivity contribution in [2.24, 2.45) is 0 Å². The molecule has 1 rings (SSSR count). The van der Waals surface area contributed by atoms with Crippen LogP contribution in [0.3, 0.4) is 0 Å². The minimum absolute atomic E-state index is 0.104. The summed E-state index contributed by atoms with van der Waals surface area (Å²) in [6.07, 6.45) is 2.04. The fraction of sp³-hybridized carbons (Fsp3) is 0.462. The number of anilines is 1. The van der Waals surface area contributed by atoms with Gasteiger partial charge in [-0.05, 0) is 31.5 Å². The van der Waals surface area contributed by atoms with Crippen LogP contribution in [0.5, 0.6) is 5.75 Å². The van der Waals surface area contributed by atoms with Crippen LogP contribution in [-0.2, 0) is 0 Å². The van der Waals surface area contributed by atoms with E-state index in [1.807, 2.05) is 6.92 Å². The molecule has 4 nitrogen and oxygen atoms in total. The molecule has 0 spiro atoms. The lowest BCUT2D eigenvalue weighted by Crippen LogP contribution is -2.22. The SMILES string of the molecule is CCCCOc1cc(C(=O)NCC)ccc1N. The standard InChI is InChI=1S/C13H20N2O2/c1-3-5-8-17-12-9-10(6-7-11(12)14)13(16)15-4-2/h6-7,9H,3-5,8,14H2,1-2H3,(H,15,16). The van der Waals surface area contributed by atoms with Crippen LogP contribution in [0.1, 0.15) is 37.0 Å². The smallest absolute Gasteiger partial charge is 0.251 e. The van der Waals surface area contributed by atoms with Crippen molar-refractivity contribution in [3.05, 3.63) is 23.8 Å². The first-order chi connectivity index (χ1) is 8.19. The largest absolute Gasteiger partial charge is 0.491 e. The molecule has 0 heterocycles. The van der Waals surface area contributed by atoms with Crippen LogP contribution in [0.15, 0.2) is 18.2 Å². The first kappa shape index (κ1) is 13.4. The number of nitrogen functional groups attached to an aromatic ring is 1. The highest BCUT2D eigenvalue weighted by Crippen LogP contribution is 2.23. The molecule has 3 N–H and O–H groups in total. The van der Waals surface area contributed by atoms with Gasteiger partial charge in [0.05, 0.1) is 12.3 Å². The molecule has 1 aromatic carbocycles. The van der Waals surface area contributed by atoms with E-state index in [0.29, 0.717) is 30.2 Å². The third-order valence-corrected chi connectivity index (χ3v) is 2.37. The monoisotopic (exact) mass is 236 g/mol. The predicted molar refractivity (Wildman–Crippen MR) is 69.3 cm³/mol. The van der Waals surface area contributed by atoms with Gasteiger partial charge in [0, 0.05) is 12.1 Å². The molecule has 0 radical (unpaired) electrons. The van der Waals surface area contributed by atoms with Crippen LogP contribution < -0.4 is 15.8 Å². The number of benzene rings is 1. The second-order valence-electron chi connectivity index (χ2n) is 3.81. The molecule has 0 aromatic heterocycles. The fourth-order valence-corrected chi connectivity index (χ4v) is 1.39. The van der Waals surface area contributed by atoms with Crippen molar-refractivity contribution in [3.8, 4) is 5.75 Å². The summed E-state index contributed by atoms with van der Waals surface area (Å²) in [5, 5.41) is 2.74. The van der Waals surface area contributed by atoms with Crippen molar-refractivity contribution >= 4 is 11.6 Å². The van der Waals surface area contributed by atoms with Gasteiger partial charge in [-0.2, -0.15) is 0 Å². The molecule has 4 heteroatoms. The minimum Gasteiger partial charge on any atom is -0.491 e. The summed E-state index contributed by atoms with van der Waals surface area (Å²) in [6, 6.07) is 5.09. The second kappa shape index (κ2) is 6.78. The Morgan fingerprint density at radius 2 is 2.18 bits per heavy atom. The average molecular weight is 236 g/mol. The first-order valence-electron chi connectivity index (χ1n) is 5.99. The van der Waals surface area contributed by atoms with Gasteiger partial charge in [0.15, 0.2) is 0 Å². The lowest BCUT2D eigenvalue weighted by molar-refractivity contribution is 0.0955. The van der Waals surface area contributed by atoms with E-state index in [1.54, 1.807) is 18.2 Å². The van der Waals surface area contributed by atoms with Gasteiger partial charge in [-0.1, -0.05) is 13.3 Å². The molecule has 1 amide bonds. The maximum atomic E-state index is 11.6. The lowest BCUT2D eigenvalue weighted by Gasteiger charge is -2.10.